The average molecular weight is 302 g/mol. The number of carbonyl (C=O) groups excluding carboxylic acids is 1. The molecule has 0 bridgehead atoms. The quantitative estimate of drug-likeness (QED) is 0.775. The first-order valence-corrected chi connectivity index (χ1v) is 6.39. The van der Waals surface area contributed by atoms with Crippen molar-refractivity contribution in [3.05, 3.63) is 47.8 Å². The third kappa shape index (κ3) is 3.95. The largest absolute Gasteiger partial charge is 0.505 e. The first-order valence-electron chi connectivity index (χ1n) is 6.39. The van der Waals surface area contributed by atoms with Gasteiger partial charge in [-0.1, -0.05) is 12.1 Å². The summed E-state index contributed by atoms with van der Waals surface area (Å²) in [5.74, 6) is -1.52. The van der Waals surface area contributed by atoms with Crippen molar-refractivity contribution in [3.8, 4) is 17.2 Å². The van der Waals surface area contributed by atoms with Gasteiger partial charge >= 0.3 is 5.97 Å². The topological polar surface area (TPSA) is 109 Å². The van der Waals surface area contributed by atoms with E-state index in [0.29, 0.717) is 5.75 Å². The fraction of sp³-hybridized carbons (Fsp3) is 0.133. The number of aliphatic carboxylic acids is 1. The number of carboxylic acids is 1. The predicted molar refractivity (Wildman–Crippen MR) is 77.1 cm³/mol. The van der Waals surface area contributed by atoms with Gasteiger partial charge in [0.2, 0.25) is 0 Å². The summed E-state index contributed by atoms with van der Waals surface area (Å²) in [6, 6.07) is 8.54. The highest BCUT2D eigenvalue weighted by Gasteiger charge is 2.15. The summed E-state index contributed by atoms with van der Waals surface area (Å²) < 4.78 is 5.52. The first-order chi connectivity index (χ1) is 10.5. The van der Waals surface area contributed by atoms with Crippen molar-refractivity contribution in [1.82, 2.24) is 10.3 Å². The number of rotatable bonds is 5. The molecule has 7 nitrogen and oxygen atoms in total. The van der Waals surface area contributed by atoms with Gasteiger partial charge in [-0.2, -0.15) is 0 Å². The van der Waals surface area contributed by atoms with Gasteiger partial charge in [-0.3, -0.25) is 9.59 Å². The zero-order valence-corrected chi connectivity index (χ0v) is 11.7. The molecule has 0 aliphatic heterocycles. The Kier molecular flexibility index (Phi) is 4.57. The van der Waals surface area contributed by atoms with Crippen LogP contribution in [0.3, 0.4) is 0 Å². The van der Waals surface area contributed by atoms with Crippen LogP contribution in [0, 0.1) is 6.92 Å². The number of ether oxygens (including phenoxy) is 1. The highest BCUT2D eigenvalue weighted by molar-refractivity contribution is 5.96. The Hall–Kier alpha value is -3.09. The molecule has 0 unspecified atom stereocenters. The number of pyridine rings is 1. The molecule has 2 aromatic rings. The Morgan fingerprint density at radius 2 is 2.05 bits per heavy atom. The lowest BCUT2D eigenvalue weighted by Crippen LogP contribution is -2.29. The fourth-order valence-corrected chi connectivity index (χ4v) is 1.72. The number of carboxylic acid groups (broad SMARTS) is 1. The maximum absolute atomic E-state index is 11.6. The second-order valence-electron chi connectivity index (χ2n) is 4.53. The minimum Gasteiger partial charge on any atom is -0.505 e. The fourth-order valence-electron chi connectivity index (χ4n) is 1.72. The van der Waals surface area contributed by atoms with Crippen LogP contribution in [0.2, 0.25) is 0 Å². The lowest BCUT2D eigenvalue weighted by atomic mass is 10.2. The van der Waals surface area contributed by atoms with Gasteiger partial charge < -0.3 is 20.3 Å². The van der Waals surface area contributed by atoms with Crippen LogP contribution in [0.4, 0.5) is 0 Å². The number of aryl methyl sites for hydroxylation is 1. The van der Waals surface area contributed by atoms with E-state index in [-0.39, 0.29) is 11.4 Å². The average Bonchev–Trinajstić information content (AvgIpc) is 2.45. The molecular weight excluding hydrogens is 288 g/mol. The number of benzene rings is 1. The Morgan fingerprint density at radius 3 is 2.68 bits per heavy atom. The Bertz CT molecular complexity index is 715. The van der Waals surface area contributed by atoms with E-state index in [1.54, 1.807) is 6.07 Å². The summed E-state index contributed by atoms with van der Waals surface area (Å²) in [7, 11) is 0. The summed E-state index contributed by atoms with van der Waals surface area (Å²) in [6.07, 6.45) is 1.28. The van der Waals surface area contributed by atoms with Crippen LogP contribution in [0.1, 0.15) is 16.1 Å². The molecule has 1 amide bonds. The second-order valence-corrected chi connectivity index (χ2v) is 4.53. The second kappa shape index (κ2) is 6.57. The zero-order valence-electron chi connectivity index (χ0n) is 11.7. The maximum Gasteiger partial charge on any atom is 0.322 e. The Balaban J connectivity index is 2.12. The number of carbonyl (C=O) groups is 2. The van der Waals surface area contributed by atoms with Crippen LogP contribution in [-0.4, -0.2) is 33.6 Å². The van der Waals surface area contributed by atoms with E-state index >= 15 is 0 Å². The number of aromatic hydroxyl groups is 1. The predicted octanol–water partition coefficient (Wildman–Crippen LogP) is 1.70. The van der Waals surface area contributed by atoms with Gasteiger partial charge in [0, 0.05) is 6.07 Å². The first kappa shape index (κ1) is 15.3. The number of hydrogen-bond acceptors (Lipinski definition) is 5. The van der Waals surface area contributed by atoms with E-state index in [2.05, 4.69) is 10.3 Å². The molecule has 1 aromatic heterocycles. The normalized spacial score (nSPS) is 10.0. The van der Waals surface area contributed by atoms with Crippen molar-refractivity contribution in [2.45, 2.75) is 6.92 Å². The SMILES string of the molecule is Cc1cccc(Oc2cnc(C(=O)NCC(=O)O)c(O)c2)c1. The lowest BCUT2D eigenvalue weighted by molar-refractivity contribution is -0.135. The van der Waals surface area contributed by atoms with Gasteiger partial charge in [0.1, 0.15) is 18.0 Å². The summed E-state index contributed by atoms with van der Waals surface area (Å²) in [5, 5.41) is 20.4. The molecular formula is C15H14N2O5. The maximum atomic E-state index is 11.6. The summed E-state index contributed by atoms with van der Waals surface area (Å²) in [6.45, 7) is 1.36. The van der Waals surface area contributed by atoms with Gasteiger partial charge in [-0.05, 0) is 24.6 Å². The van der Waals surface area contributed by atoms with Crippen LogP contribution in [0.25, 0.3) is 0 Å². The number of nitrogens with one attached hydrogen (secondary N) is 1. The Morgan fingerprint density at radius 1 is 1.27 bits per heavy atom. The molecule has 2 rings (SSSR count). The van der Waals surface area contributed by atoms with Gasteiger partial charge in [-0.15, -0.1) is 0 Å². The molecule has 0 spiro atoms. The standard InChI is InChI=1S/C15H14N2O5/c1-9-3-2-4-10(5-9)22-11-6-12(18)14(16-7-11)15(21)17-8-13(19)20/h2-7,18H,8H2,1H3,(H,17,21)(H,19,20). The van der Waals surface area contributed by atoms with Crippen molar-refractivity contribution in [3.63, 3.8) is 0 Å². The number of nitrogens with zero attached hydrogens (tertiary/aromatic N) is 1. The summed E-state index contributed by atoms with van der Waals surface area (Å²) >= 11 is 0. The molecule has 3 N–H and O–H groups in total. The minimum absolute atomic E-state index is 0.262. The number of hydrogen-bond donors (Lipinski definition) is 3. The molecule has 0 fully saturated rings. The molecule has 7 heteroatoms. The molecule has 0 aliphatic carbocycles. The van der Waals surface area contributed by atoms with Gasteiger partial charge in [0.05, 0.1) is 6.20 Å². The molecule has 0 atom stereocenters. The molecule has 1 aromatic carbocycles. The van der Waals surface area contributed by atoms with Gasteiger partial charge in [0.15, 0.2) is 11.4 Å². The van der Waals surface area contributed by atoms with E-state index in [4.69, 9.17) is 9.84 Å². The molecule has 0 radical (unpaired) electrons. The Labute approximate surface area is 126 Å². The summed E-state index contributed by atoms with van der Waals surface area (Å²) in [5.41, 5.74) is 0.747. The van der Waals surface area contributed by atoms with E-state index in [9.17, 15) is 14.7 Å². The van der Waals surface area contributed by atoms with Crippen molar-refractivity contribution in [1.29, 1.82) is 0 Å². The smallest absolute Gasteiger partial charge is 0.322 e. The van der Waals surface area contributed by atoms with Crippen molar-refractivity contribution in [2.24, 2.45) is 0 Å². The minimum atomic E-state index is -1.19. The van der Waals surface area contributed by atoms with Crippen LogP contribution in [0.5, 0.6) is 17.2 Å². The van der Waals surface area contributed by atoms with Crippen molar-refractivity contribution < 1.29 is 24.5 Å². The van der Waals surface area contributed by atoms with Crippen LogP contribution in [0.15, 0.2) is 36.5 Å². The van der Waals surface area contributed by atoms with Crippen LogP contribution < -0.4 is 10.1 Å². The third-order valence-electron chi connectivity index (χ3n) is 2.68. The van der Waals surface area contributed by atoms with Crippen molar-refractivity contribution in [2.75, 3.05) is 6.54 Å². The lowest BCUT2D eigenvalue weighted by Gasteiger charge is -2.08. The van der Waals surface area contributed by atoms with E-state index in [1.165, 1.54) is 12.3 Å². The third-order valence-corrected chi connectivity index (χ3v) is 2.68. The highest BCUT2D eigenvalue weighted by atomic mass is 16.5. The molecule has 0 aliphatic rings. The molecule has 0 saturated heterocycles. The van der Waals surface area contributed by atoms with E-state index < -0.39 is 24.2 Å². The van der Waals surface area contributed by atoms with E-state index in [1.807, 2.05) is 25.1 Å². The van der Waals surface area contributed by atoms with Gasteiger partial charge in [-0.25, -0.2) is 4.98 Å². The van der Waals surface area contributed by atoms with Crippen LogP contribution in [-0.2, 0) is 4.79 Å². The number of aromatic nitrogens is 1. The van der Waals surface area contributed by atoms with Gasteiger partial charge in [0.25, 0.3) is 5.91 Å². The number of amides is 1. The molecule has 0 saturated carbocycles. The molecule has 1 heterocycles. The zero-order chi connectivity index (χ0) is 16.1. The molecule has 114 valence electrons. The van der Waals surface area contributed by atoms with Crippen LogP contribution >= 0.6 is 0 Å². The molecule has 22 heavy (non-hydrogen) atoms. The summed E-state index contributed by atoms with van der Waals surface area (Å²) in [4.78, 5) is 25.8. The monoisotopic (exact) mass is 302 g/mol. The van der Waals surface area contributed by atoms with E-state index in [0.717, 1.165) is 5.56 Å². The van der Waals surface area contributed by atoms with Crippen molar-refractivity contribution >= 4 is 11.9 Å². The highest BCUT2D eigenvalue weighted by Crippen LogP contribution is 2.26.